The number of pyridine rings is 1. The molecule has 0 aromatic carbocycles. The molecule has 5 heteroatoms. The van der Waals surface area contributed by atoms with E-state index in [9.17, 15) is 0 Å². The van der Waals surface area contributed by atoms with E-state index < -0.39 is 0 Å². The summed E-state index contributed by atoms with van der Waals surface area (Å²) in [5.41, 5.74) is 2.17. The zero-order valence-electron chi connectivity index (χ0n) is 11.8. The Morgan fingerprint density at radius 2 is 2.11 bits per heavy atom. The quantitative estimate of drug-likeness (QED) is 0.933. The molecule has 0 fully saturated rings. The second kappa shape index (κ2) is 5.75. The van der Waals surface area contributed by atoms with Gasteiger partial charge in [0.05, 0.1) is 16.6 Å². The van der Waals surface area contributed by atoms with Gasteiger partial charge in [-0.25, -0.2) is 0 Å². The predicted molar refractivity (Wildman–Crippen MR) is 78.4 cm³/mol. The van der Waals surface area contributed by atoms with E-state index in [0.29, 0.717) is 0 Å². The van der Waals surface area contributed by atoms with Crippen molar-refractivity contribution in [1.29, 1.82) is 0 Å². The van der Waals surface area contributed by atoms with Crippen LogP contribution in [0.15, 0.2) is 24.4 Å². The molecule has 4 nitrogen and oxygen atoms in total. The van der Waals surface area contributed by atoms with Gasteiger partial charge >= 0.3 is 0 Å². The summed E-state index contributed by atoms with van der Waals surface area (Å²) in [6, 6.07) is 6.22. The second-order valence-corrected chi connectivity index (χ2v) is 6.39. The van der Waals surface area contributed by atoms with Gasteiger partial charge < -0.3 is 5.32 Å². The number of aromatic nitrogens is 3. The summed E-state index contributed by atoms with van der Waals surface area (Å²) < 4.78 is 4.13. The zero-order chi connectivity index (χ0) is 13.9. The first-order valence-electron chi connectivity index (χ1n) is 6.42. The minimum Gasteiger partial charge on any atom is -0.312 e. The molecule has 2 aromatic rings. The first kappa shape index (κ1) is 14.1. The minimum absolute atomic E-state index is 0.0154. The highest BCUT2D eigenvalue weighted by Crippen LogP contribution is 2.31. The van der Waals surface area contributed by atoms with E-state index in [2.05, 4.69) is 46.7 Å². The number of likely N-dealkylation sites (N-methyl/N-ethyl adjacent to an activating group) is 1. The van der Waals surface area contributed by atoms with E-state index in [1.807, 2.05) is 25.4 Å². The lowest BCUT2D eigenvalue weighted by Crippen LogP contribution is -2.23. The Morgan fingerprint density at radius 3 is 2.68 bits per heavy atom. The lowest BCUT2D eigenvalue weighted by Gasteiger charge is -2.21. The molecule has 102 valence electrons. The van der Waals surface area contributed by atoms with Crippen LogP contribution in [-0.2, 0) is 11.8 Å². The third-order valence-electron chi connectivity index (χ3n) is 3.03. The van der Waals surface area contributed by atoms with Crippen LogP contribution in [0.25, 0.3) is 0 Å². The summed E-state index contributed by atoms with van der Waals surface area (Å²) in [7, 11) is 1.97. The molecular formula is C14H20N4S. The fraction of sp³-hybridized carbons (Fsp3) is 0.500. The maximum Gasteiger partial charge on any atom is 0.0857 e. The predicted octanol–water partition coefficient (Wildman–Crippen LogP) is 2.73. The van der Waals surface area contributed by atoms with Crippen LogP contribution in [0.5, 0.6) is 0 Å². The van der Waals surface area contributed by atoms with Crippen molar-refractivity contribution in [2.45, 2.75) is 38.6 Å². The standard InChI is InChI=1S/C14H20N4S/c1-14(2,3)13-12(19-18-17-13)11(15-4)9-10-7-5-6-8-16-10/h5-8,11,15H,9H2,1-4H3. The van der Waals surface area contributed by atoms with Crippen molar-refractivity contribution in [2.75, 3.05) is 7.05 Å². The molecule has 0 spiro atoms. The summed E-state index contributed by atoms with van der Waals surface area (Å²) in [6.07, 6.45) is 2.68. The van der Waals surface area contributed by atoms with Crippen molar-refractivity contribution < 1.29 is 0 Å². The van der Waals surface area contributed by atoms with Crippen molar-refractivity contribution in [3.63, 3.8) is 0 Å². The van der Waals surface area contributed by atoms with Crippen molar-refractivity contribution in [3.8, 4) is 0 Å². The van der Waals surface area contributed by atoms with Crippen LogP contribution in [0.4, 0.5) is 0 Å². The van der Waals surface area contributed by atoms with Gasteiger partial charge in [-0.1, -0.05) is 31.3 Å². The molecule has 2 heterocycles. The zero-order valence-corrected chi connectivity index (χ0v) is 12.7. The number of hydrogen-bond acceptors (Lipinski definition) is 5. The molecule has 0 aliphatic rings. The van der Waals surface area contributed by atoms with Gasteiger partial charge in [-0.05, 0) is 30.7 Å². The van der Waals surface area contributed by atoms with E-state index in [4.69, 9.17) is 0 Å². The Kier molecular flexibility index (Phi) is 4.27. The second-order valence-electron chi connectivity index (χ2n) is 5.60. The first-order chi connectivity index (χ1) is 9.02. The Labute approximate surface area is 118 Å². The van der Waals surface area contributed by atoms with E-state index in [1.165, 1.54) is 16.4 Å². The van der Waals surface area contributed by atoms with Crippen LogP contribution in [0.3, 0.4) is 0 Å². The molecule has 1 unspecified atom stereocenters. The van der Waals surface area contributed by atoms with Gasteiger partial charge in [0.2, 0.25) is 0 Å². The van der Waals surface area contributed by atoms with Crippen LogP contribution in [0.2, 0.25) is 0 Å². The monoisotopic (exact) mass is 276 g/mol. The Hall–Kier alpha value is -1.33. The minimum atomic E-state index is 0.0154. The van der Waals surface area contributed by atoms with Crippen molar-refractivity contribution in [3.05, 3.63) is 40.7 Å². The highest BCUT2D eigenvalue weighted by atomic mass is 32.1. The summed E-state index contributed by atoms with van der Waals surface area (Å²) >= 11 is 1.48. The summed E-state index contributed by atoms with van der Waals surface area (Å²) in [5, 5.41) is 7.66. The summed E-state index contributed by atoms with van der Waals surface area (Å²) in [6.45, 7) is 6.50. The summed E-state index contributed by atoms with van der Waals surface area (Å²) in [5.74, 6) is 0. The molecule has 2 aromatic heterocycles. The van der Waals surface area contributed by atoms with Crippen molar-refractivity contribution in [2.24, 2.45) is 0 Å². The van der Waals surface area contributed by atoms with Crippen molar-refractivity contribution in [1.82, 2.24) is 19.9 Å². The smallest absolute Gasteiger partial charge is 0.0857 e. The summed E-state index contributed by atoms with van der Waals surface area (Å²) in [4.78, 5) is 5.60. The SMILES string of the molecule is CNC(Cc1ccccn1)c1snnc1C(C)(C)C. The van der Waals surface area contributed by atoms with Gasteiger partial charge in [0, 0.05) is 23.7 Å². The average Bonchev–Trinajstić information content (AvgIpc) is 2.86. The van der Waals surface area contributed by atoms with E-state index >= 15 is 0 Å². The Bertz CT molecular complexity index is 516. The van der Waals surface area contributed by atoms with Crippen LogP contribution in [0, 0.1) is 0 Å². The molecule has 0 amide bonds. The fourth-order valence-corrected chi connectivity index (χ4v) is 2.97. The van der Waals surface area contributed by atoms with Gasteiger partial charge in [0.15, 0.2) is 0 Å². The van der Waals surface area contributed by atoms with E-state index in [-0.39, 0.29) is 11.5 Å². The van der Waals surface area contributed by atoms with E-state index in [0.717, 1.165) is 17.8 Å². The van der Waals surface area contributed by atoms with Crippen LogP contribution in [-0.4, -0.2) is 21.6 Å². The Balaban J connectivity index is 2.26. The van der Waals surface area contributed by atoms with Gasteiger partial charge in [-0.15, -0.1) is 5.10 Å². The number of rotatable bonds is 4. The molecule has 19 heavy (non-hydrogen) atoms. The first-order valence-corrected chi connectivity index (χ1v) is 7.19. The third kappa shape index (κ3) is 3.36. The Morgan fingerprint density at radius 1 is 1.32 bits per heavy atom. The van der Waals surface area contributed by atoms with Crippen LogP contribution >= 0.6 is 11.5 Å². The van der Waals surface area contributed by atoms with E-state index in [1.54, 1.807) is 0 Å². The molecular weight excluding hydrogens is 256 g/mol. The van der Waals surface area contributed by atoms with Crippen LogP contribution < -0.4 is 5.32 Å². The normalized spacial score (nSPS) is 13.5. The van der Waals surface area contributed by atoms with Gasteiger partial charge in [0.1, 0.15) is 0 Å². The topological polar surface area (TPSA) is 50.7 Å². The lowest BCUT2D eigenvalue weighted by atomic mass is 9.89. The molecule has 0 saturated carbocycles. The largest absolute Gasteiger partial charge is 0.312 e. The third-order valence-corrected chi connectivity index (χ3v) is 3.87. The van der Waals surface area contributed by atoms with Crippen LogP contribution in [0.1, 0.15) is 43.1 Å². The highest BCUT2D eigenvalue weighted by Gasteiger charge is 2.26. The molecule has 0 aliphatic heterocycles. The van der Waals surface area contributed by atoms with Gasteiger partial charge in [-0.3, -0.25) is 4.98 Å². The molecule has 0 saturated heterocycles. The molecule has 0 aliphatic carbocycles. The highest BCUT2D eigenvalue weighted by molar-refractivity contribution is 7.05. The number of hydrogen-bond donors (Lipinski definition) is 1. The number of nitrogens with zero attached hydrogens (tertiary/aromatic N) is 3. The lowest BCUT2D eigenvalue weighted by molar-refractivity contribution is 0.528. The number of nitrogens with one attached hydrogen (secondary N) is 1. The maximum atomic E-state index is 4.39. The van der Waals surface area contributed by atoms with Gasteiger partial charge in [-0.2, -0.15) is 0 Å². The average molecular weight is 276 g/mol. The molecule has 0 radical (unpaired) electrons. The molecule has 2 rings (SSSR count). The maximum absolute atomic E-state index is 4.39. The van der Waals surface area contributed by atoms with Crippen molar-refractivity contribution >= 4 is 11.5 Å². The molecule has 0 bridgehead atoms. The van der Waals surface area contributed by atoms with Gasteiger partial charge in [0.25, 0.3) is 0 Å². The molecule has 1 N–H and O–H groups in total. The fourth-order valence-electron chi connectivity index (χ4n) is 2.00. The molecule has 1 atom stereocenters.